The number of hydrogen-bond donors (Lipinski definition) is 2. The number of alkyl halides is 3. The van der Waals surface area contributed by atoms with Crippen LogP contribution in [0.1, 0.15) is 29.5 Å². The first-order valence-electron chi connectivity index (χ1n) is 9.86. The summed E-state index contributed by atoms with van der Waals surface area (Å²) in [6, 6.07) is 17.8. The lowest BCUT2D eigenvalue weighted by atomic mass is 9.89. The third kappa shape index (κ3) is 4.64. The number of anilines is 2. The molecule has 6 heteroatoms. The lowest BCUT2D eigenvalue weighted by Crippen LogP contribution is -2.19. The predicted molar refractivity (Wildman–Crippen MR) is 113 cm³/mol. The van der Waals surface area contributed by atoms with Crippen LogP contribution in [0.15, 0.2) is 66.7 Å². The Morgan fingerprint density at radius 2 is 1.40 bits per heavy atom. The maximum atomic E-state index is 12.6. The maximum Gasteiger partial charge on any atom is 0.416 e. The van der Waals surface area contributed by atoms with E-state index in [0.717, 1.165) is 36.1 Å². The molecule has 1 aliphatic rings. The van der Waals surface area contributed by atoms with Crippen molar-refractivity contribution in [3.05, 3.63) is 83.4 Å². The third-order valence-corrected chi connectivity index (χ3v) is 5.27. The van der Waals surface area contributed by atoms with Crippen molar-refractivity contribution in [2.24, 2.45) is 0 Å². The summed E-state index contributed by atoms with van der Waals surface area (Å²) in [6.45, 7) is 0. The largest absolute Gasteiger partial charge is 0.416 e. The van der Waals surface area contributed by atoms with Crippen molar-refractivity contribution in [2.75, 3.05) is 10.6 Å². The van der Waals surface area contributed by atoms with E-state index in [1.54, 1.807) is 6.07 Å². The second-order valence-corrected chi connectivity index (χ2v) is 7.43. The van der Waals surface area contributed by atoms with E-state index < -0.39 is 17.8 Å². The van der Waals surface area contributed by atoms with Crippen LogP contribution in [0.3, 0.4) is 0 Å². The fraction of sp³-hybridized carbons (Fsp3) is 0.208. The summed E-state index contributed by atoms with van der Waals surface area (Å²) in [5, 5.41) is 5.29. The second-order valence-electron chi connectivity index (χ2n) is 7.43. The van der Waals surface area contributed by atoms with E-state index in [1.807, 2.05) is 18.2 Å². The minimum atomic E-state index is -4.40. The van der Waals surface area contributed by atoms with Crippen LogP contribution < -0.4 is 10.6 Å². The lowest BCUT2D eigenvalue weighted by molar-refractivity contribution is -0.137. The molecule has 0 unspecified atom stereocenters. The zero-order valence-corrected chi connectivity index (χ0v) is 16.2. The molecule has 3 aromatic carbocycles. The normalized spacial score (nSPS) is 13.4. The van der Waals surface area contributed by atoms with Gasteiger partial charge in [-0.3, -0.25) is 0 Å². The van der Waals surface area contributed by atoms with Crippen molar-refractivity contribution < 1.29 is 18.0 Å². The average Bonchev–Trinajstić information content (AvgIpc) is 2.73. The van der Waals surface area contributed by atoms with Crippen molar-refractivity contribution >= 4 is 17.4 Å². The number of carbonyl (C=O) groups excluding carboxylic acids is 1. The van der Waals surface area contributed by atoms with Gasteiger partial charge in [-0.25, -0.2) is 4.79 Å². The Bertz CT molecular complexity index is 1060. The Morgan fingerprint density at radius 3 is 2.13 bits per heavy atom. The van der Waals surface area contributed by atoms with Crippen LogP contribution in [0.5, 0.6) is 0 Å². The quantitative estimate of drug-likeness (QED) is 0.485. The molecular weight excluding hydrogens is 389 g/mol. The van der Waals surface area contributed by atoms with Crippen molar-refractivity contribution in [1.29, 1.82) is 0 Å². The van der Waals surface area contributed by atoms with Gasteiger partial charge in [-0.2, -0.15) is 13.2 Å². The number of halogens is 3. The molecule has 30 heavy (non-hydrogen) atoms. The van der Waals surface area contributed by atoms with Gasteiger partial charge in [0.2, 0.25) is 0 Å². The molecule has 4 rings (SSSR count). The molecule has 2 N–H and O–H groups in total. The maximum absolute atomic E-state index is 12.6. The third-order valence-electron chi connectivity index (χ3n) is 5.27. The lowest BCUT2D eigenvalue weighted by Gasteiger charge is -2.17. The Labute approximate surface area is 172 Å². The molecule has 0 fully saturated rings. The molecule has 0 saturated heterocycles. The molecule has 3 nitrogen and oxygen atoms in total. The molecule has 0 radical (unpaired) electrons. The highest BCUT2D eigenvalue weighted by atomic mass is 19.4. The Kier molecular flexibility index (Phi) is 5.48. The molecule has 0 bridgehead atoms. The van der Waals surface area contributed by atoms with E-state index in [0.29, 0.717) is 5.69 Å². The molecule has 0 atom stereocenters. The van der Waals surface area contributed by atoms with Gasteiger partial charge in [-0.05, 0) is 84.3 Å². The number of urea groups is 1. The van der Waals surface area contributed by atoms with Crippen LogP contribution in [-0.2, 0) is 19.0 Å². The van der Waals surface area contributed by atoms with Crippen molar-refractivity contribution in [3.8, 4) is 11.1 Å². The van der Waals surface area contributed by atoms with Crippen LogP contribution in [0.4, 0.5) is 29.3 Å². The van der Waals surface area contributed by atoms with Crippen molar-refractivity contribution in [2.45, 2.75) is 31.9 Å². The topological polar surface area (TPSA) is 41.1 Å². The van der Waals surface area contributed by atoms with Crippen LogP contribution in [0.25, 0.3) is 11.1 Å². The molecule has 1 aliphatic carbocycles. The molecule has 0 aromatic heterocycles. The van der Waals surface area contributed by atoms with E-state index in [4.69, 9.17) is 0 Å². The summed E-state index contributed by atoms with van der Waals surface area (Å²) in [5.41, 5.74) is 5.03. The summed E-state index contributed by atoms with van der Waals surface area (Å²) >= 11 is 0. The summed E-state index contributed by atoms with van der Waals surface area (Å²) < 4.78 is 37.9. The van der Waals surface area contributed by atoms with E-state index in [2.05, 4.69) is 28.8 Å². The zero-order valence-electron chi connectivity index (χ0n) is 16.2. The molecule has 154 valence electrons. The summed E-state index contributed by atoms with van der Waals surface area (Å²) in [7, 11) is 0. The van der Waals surface area contributed by atoms with Gasteiger partial charge in [0, 0.05) is 11.4 Å². The number of carbonyl (C=O) groups is 1. The first-order chi connectivity index (χ1) is 14.4. The average molecular weight is 410 g/mol. The summed E-state index contributed by atoms with van der Waals surface area (Å²) in [6.07, 6.45) is 0.262. The molecule has 0 heterocycles. The van der Waals surface area contributed by atoms with Gasteiger partial charge in [0.15, 0.2) is 0 Å². The number of amides is 2. The minimum Gasteiger partial charge on any atom is -0.308 e. The van der Waals surface area contributed by atoms with Gasteiger partial charge in [-0.1, -0.05) is 30.3 Å². The molecule has 2 amide bonds. The monoisotopic (exact) mass is 410 g/mol. The van der Waals surface area contributed by atoms with Crippen LogP contribution in [0.2, 0.25) is 0 Å². The highest BCUT2D eigenvalue weighted by molar-refractivity contribution is 6.00. The molecule has 0 spiro atoms. The minimum absolute atomic E-state index is 0.284. The number of hydrogen-bond acceptors (Lipinski definition) is 1. The fourth-order valence-electron chi connectivity index (χ4n) is 3.73. The van der Waals surface area contributed by atoms with Gasteiger partial charge < -0.3 is 10.6 Å². The van der Waals surface area contributed by atoms with E-state index >= 15 is 0 Å². The van der Waals surface area contributed by atoms with Gasteiger partial charge in [-0.15, -0.1) is 0 Å². The number of benzene rings is 3. The van der Waals surface area contributed by atoms with Crippen molar-refractivity contribution in [3.63, 3.8) is 0 Å². The van der Waals surface area contributed by atoms with Crippen LogP contribution in [-0.4, -0.2) is 6.03 Å². The van der Waals surface area contributed by atoms with Gasteiger partial charge in [0.05, 0.1) is 5.56 Å². The first-order valence-corrected chi connectivity index (χ1v) is 9.86. The number of aryl methyl sites for hydroxylation is 2. The van der Waals surface area contributed by atoms with Crippen LogP contribution in [0, 0.1) is 0 Å². The smallest absolute Gasteiger partial charge is 0.308 e. The highest BCUT2D eigenvalue weighted by Gasteiger charge is 2.30. The highest BCUT2D eigenvalue weighted by Crippen LogP contribution is 2.30. The van der Waals surface area contributed by atoms with E-state index in [-0.39, 0.29) is 5.69 Å². The van der Waals surface area contributed by atoms with Gasteiger partial charge >= 0.3 is 12.2 Å². The summed E-state index contributed by atoms with van der Waals surface area (Å²) in [5.74, 6) is 0. The predicted octanol–water partition coefficient (Wildman–Crippen LogP) is 6.90. The second kappa shape index (κ2) is 8.22. The molecule has 0 aliphatic heterocycles. The van der Waals surface area contributed by atoms with Crippen LogP contribution >= 0.6 is 0 Å². The number of rotatable bonds is 3. The van der Waals surface area contributed by atoms with Gasteiger partial charge in [0.1, 0.15) is 0 Å². The number of fused-ring (bicyclic) bond motifs is 1. The Hall–Kier alpha value is -3.28. The first kappa shape index (κ1) is 20.0. The summed E-state index contributed by atoms with van der Waals surface area (Å²) in [4.78, 5) is 12.3. The number of nitrogens with one attached hydrogen (secondary N) is 2. The fourth-order valence-corrected chi connectivity index (χ4v) is 3.73. The Balaban J connectivity index is 1.45. The molecule has 3 aromatic rings. The standard InChI is InChI=1S/C24H21F3N2O/c25-24(26,27)20-10-12-21(13-11-20)28-23(30)29-22-7-3-6-18(15-22)19-9-8-16-4-1-2-5-17(16)14-19/h3,6-15H,1-2,4-5H2,(H2,28,29,30). The molecular formula is C24H21F3N2O. The van der Waals surface area contributed by atoms with E-state index in [1.165, 1.54) is 36.1 Å². The SMILES string of the molecule is O=C(Nc1ccc(C(F)(F)F)cc1)Nc1cccc(-c2ccc3c(c2)CCCC3)c1. The van der Waals surface area contributed by atoms with Gasteiger partial charge in [0.25, 0.3) is 0 Å². The van der Waals surface area contributed by atoms with Crippen molar-refractivity contribution in [1.82, 2.24) is 0 Å². The molecule has 0 saturated carbocycles. The zero-order chi connectivity index (χ0) is 21.1. The Morgan fingerprint density at radius 1 is 0.733 bits per heavy atom. The van der Waals surface area contributed by atoms with E-state index in [9.17, 15) is 18.0 Å².